The molecule has 2 aromatic rings. The third-order valence-corrected chi connectivity index (χ3v) is 6.61. The van der Waals surface area contributed by atoms with Crippen molar-refractivity contribution in [2.45, 2.75) is 51.2 Å². The lowest BCUT2D eigenvalue weighted by molar-refractivity contribution is -0.139. The highest BCUT2D eigenvalue weighted by Gasteiger charge is 2.51. The average molecular weight is 461 g/mol. The SMILES string of the molecule is CC(C)C(NC(=O)O)C(=O)N1C2CCC(C2)C1c1ncc(-c2ccc(Br)cc2)[nH]1. The van der Waals surface area contributed by atoms with Gasteiger partial charge >= 0.3 is 6.09 Å². The fourth-order valence-electron chi connectivity index (χ4n) is 4.73. The largest absolute Gasteiger partial charge is 0.465 e. The van der Waals surface area contributed by atoms with Gasteiger partial charge in [0.05, 0.1) is 17.9 Å². The van der Waals surface area contributed by atoms with Crippen molar-refractivity contribution in [3.8, 4) is 11.3 Å². The van der Waals surface area contributed by atoms with Crippen LogP contribution in [0.4, 0.5) is 4.79 Å². The number of nitrogens with one attached hydrogen (secondary N) is 2. The van der Waals surface area contributed by atoms with Crippen molar-refractivity contribution in [1.82, 2.24) is 20.2 Å². The Hall–Kier alpha value is -2.35. The molecule has 8 heteroatoms. The first-order valence-electron chi connectivity index (χ1n) is 9.97. The Morgan fingerprint density at radius 2 is 2.00 bits per heavy atom. The summed E-state index contributed by atoms with van der Waals surface area (Å²) < 4.78 is 1.01. The van der Waals surface area contributed by atoms with Crippen LogP contribution in [-0.2, 0) is 4.79 Å². The quantitative estimate of drug-likeness (QED) is 0.622. The van der Waals surface area contributed by atoms with E-state index in [-0.39, 0.29) is 23.9 Å². The van der Waals surface area contributed by atoms with Gasteiger partial charge in [0.1, 0.15) is 11.9 Å². The van der Waals surface area contributed by atoms with Crippen molar-refractivity contribution in [2.75, 3.05) is 0 Å². The van der Waals surface area contributed by atoms with E-state index in [0.717, 1.165) is 40.8 Å². The van der Waals surface area contributed by atoms with Crippen molar-refractivity contribution in [3.05, 3.63) is 40.8 Å². The number of carbonyl (C=O) groups is 2. The molecule has 1 aromatic carbocycles. The maximum absolute atomic E-state index is 13.4. The fourth-order valence-corrected chi connectivity index (χ4v) is 4.99. The Bertz CT molecular complexity index is 911. The first-order valence-corrected chi connectivity index (χ1v) is 10.8. The number of halogens is 1. The lowest BCUT2D eigenvalue weighted by Crippen LogP contribution is -2.53. The van der Waals surface area contributed by atoms with Gasteiger partial charge in [-0.15, -0.1) is 0 Å². The highest BCUT2D eigenvalue weighted by atomic mass is 79.9. The number of aromatic nitrogens is 2. The zero-order chi connectivity index (χ0) is 20.7. The molecule has 7 nitrogen and oxygen atoms in total. The van der Waals surface area contributed by atoms with Gasteiger partial charge in [-0.1, -0.05) is 41.9 Å². The maximum atomic E-state index is 13.4. The standard InChI is InChI=1S/C21H25BrN4O3/c1-11(2)17(25-21(28)29)20(27)26-15-8-5-13(9-15)18(26)19-23-10-16(24-19)12-3-6-14(22)7-4-12/h3-4,6-7,10-11,13,15,17-18,25H,5,8-9H2,1-2H3,(H,23,24)(H,28,29). The van der Waals surface area contributed by atoms with Gasteiger partial charge in [0.15, 0.2) is 0 Å². The number of rotatable bonds is 5. The zero-order valence-corrected chi connectivity index (χ0v) is 18.0. The zero-order valence-electron chi connectivity index (χ0n) is 16.4. The van der Waals surface area contributed by atoms with Gasteiger partial charge in [-0.2, -0.15) is 0 Å². The predicted octanol–water partition coefficient (Wildman–Crippen LogP) is 4.18. The number of fused-ring (bicyclic) bond motifs is 2. The second-order valence-corrected chi connectivity index (χ2v) is 9.19. The molecule has 1 aliphatic heterocycles. The van der Waals surface area contributed by atoms with Crippen LogP contribution in [0.1, 0.15) is 45.0 Å². The number of hydrogen-bond acceptors (Lipinski definition) is 3. The van der Waals surface area contributed by atoms with E-state index in [1.54, 1.807) is 0 Å². The lowest BCUT2D eigenvalue weighted by Gasteiger charge is -2.37. The second kappa shape index (κ2) is 7.82. The monoisotopic (exact) mass is 460 g/mol. The fraction of sp³-hybridized carbons (Fsp3) is 0.476. The van der Waals surface area contributed by atoms with E-state index in [2.05, 4.69) is 31.2 Å². The Balaban J connectivity index is 1.63. The molecule has 2 aliphatic rings. The molecular formula is C21H25BrN4O3. The van der Waals surface area contributed by atoms with Crippen LogP contribution < -0.4 is 5.32 Å². The normalized spacial score (nSPS) is 24.1. The van der Waals surface area contributed by atoms with Gasteiger partial charge in [0.25, 0.3) is 0 Å². The molecule has 4 unspecified atom stereocenters. The van der Waals surface area contributed by atoms with E-state index >= 15 is 0 Å². The molecule has 1 saturated heterocycles. The van der Waals surface area contributed by atoms with Crippen LogP contribution in [0.3, 0.4) is 0 Å². The summed E-state index contributed by atoms with van der Waals surface area (Å²) in [4.78, 5) is 34.5. The van der Waals surface area contributed by atoms with Crippen LogP contribution in [0, 0.1) is 11.8 Å². The Labute approximate surface area is 178 Å². The molecule has 1 saturated carbocycles. The summed E-state index contributed by atoms with van der Waals surface area (Å²) in [6.45, 7) is 3.72. The van der Waals surface area contributed by atoms with Crippen molar-refractivity contribution >= 4 is 27.9 Å². The van der Waals surface area contributed by atoms with Gasteiger partial charge in [0, 0.05) is 10.5 Å². The summed E-state index contributed by atoms with van der Waals surface area (Å²) in [7, 11) is 0. The number of hydrogen-bond donors (Lipinski definition) is 3. The topological polar surface area (TPSA) is 98.3 Å². The number of likely N-dealkylation sites (tertiary alicyclic amines) is 1. The molecule has 2 amide bonds. The number of imidazole rings is 1. The number of H-pyrrole nitrogens is 1. The molecule has 1 aromatic heterocycles. The van der Waals surface area contributed by atoms with Crippen molar-refractivity contribution in [3.63, 3.8) is 0 Å². The number of carbonyl (C=O) groups excluding carboxylic acids is 1. The number of amides is 2. The van der Waals surface area contributed by atoms with Crippen LogP contribution in [0.5, 0.6) is 0 Å². The number of nitrogens with zero attached hydrogens (tertiary/aromatic N) is 2. The number of carboxylic acid groups (broad SMARTS) is 1. The molecule has 2 heterocycles. The molecule has 4 atom stereocenters. The molecule has 2 bridgehead atoms. The first kappa shape index (κ1) is 19.9. The summed E-state index contributed by atoms with van der Waals surface area (Å²) in [6, 6.07) is 7.24. The summed E-state index contributed by atoms with van der Waals surface area (Å²) in [5.41, 5.74) is 1.94. The van der Waals surface area contributed by atoms with E-state index in [4.69, 9.17) is 0 Å². The van der Waals surface area contributed by atoms with Crippen LogP contribution in [0.25, 0.3) is 11.3 Å². The van der Waals surface area contributed by atoms with Gasteiger partial charge < -0.3 is 20.3 Å². The van der Waals surface area contributed by atoms with Gasteiger partial charge in [-0.05, 0) is 48.8 Å². The predicted molar refractivity (Wildman–Crippen MR) is 112 cm³/mol. The second-order valence-electron chi connectivity index (χ2n) is 8.28. The van der Waals surface area contributed by atoms with E-state index in [0.29, 0.717) is 5.92 Å². The Morgan fingerprint density at radius 1 is 1.28 bits per heavy atom. The van der Waals surface area contributed by atoms with Gasteiger partial charge in [-0.25, -0.2) is 9.78 Å². The van der Waals surface area contributed by atoms with Crippen molar-refractivity contribution < 1.29 is 14.7 Å². The highest BCUT2D eigenvalue weighted by molar-refractivity contribution is 9.10. The minimum absolute atomic E-state index is 0.131. The van der Waals surface area contributed by atoms with Crippen LogP contribution in [-0.4, -0.2) is 44.1 Å². The Morgan fingerprint density at radius 3 is 2.66 bits per heavy atom. The average Bonchev–Trinajstić information content (AvgIpc) is 3.41. The molecule has 3 N–H and O–H groups in total. The van der Waals surface area contributed by atoms with Gasteiger partial charge in [-0.3, -0.25) is 4.79 Å². The third kappa shape index (κ3) is 3.77. The third-order valence-electron chi connectivity index (χ3n) is 6.08. The summed E-state index contributed by atoms with van der Waals surface area (Å²) in [5, 5.41) is 11.6. The van der Waals surface area contributed by atoms with E-state index in [1.165, 1.54) is 0 Å². The molecule has 0 radical (unpaired) electrons. The van der Waals surface area contributed by atoms with Gasteiger partial charge in [0.2, 0.25) is 5.91 Å². The molecular weight excluding hydrogens is 436 g/mol. The van der Waals surface area contributed by atoms with Crippen LogP contribution in [0.2, 0.25) is 0 Å². The molecule has 154 valence electrons. The highest BCUT2D eigenvalue weighted by Crippen LogP contribution is 2.50. The molecule has 0 spiro atoms. The number of benzene rings is 1. The minimum atomic E-state index is -1.17. The van der Waals surface area contributed by atoms with Crippen molar-refractivity contribution in [1.29, 1.82) is 0 Å². The summed E-state index contributed by atoms with van der Waals surface area (Å²) in [6.07, 6.45) is 3.61. The summed E-state index contributed by atoms with van der Waals surface area (Å²) >= 11 is 3.45. The van der Waals surface area contributed by atoms with Crippen LogP contribution >= 0.6 is 15.9 Å². The van der Waals surface area contributed by atoms with E-state index < -0.39 is 12.1 Å². The maximum Gasteiger partial charge on any atom is 0.405 e. The number of aromatic amines is 1. The van der Waals surface area contributed by atoms with E-state index in [1.807, 2.05) is 49.2 Å². The first-order chi connectivity index (χ1) is 13.8. The summed E-state index contributed by atoms with van der Waals surface area (Å²) in [5.74, 6) is 0.848. The molecule has 2 fully saturated rings. The smallest absolute Gasteiger partial charge is 0.405 e. The van der Waals surface area contributed by atoms with E-state index in [9.17, 15) is 14.7 Å². The molecule has 1 aliphatic carbocycles. The molecule has 4 rings (SSSR count). The van der Waals surface area contributed by atoms with Crippen LogP contribution in [0.15, 0.2) is 34.9 Å². The Kier molecular flexibility index (Phi) is 5.38. The molecule has 29 heavy (non-hydrogen) atoms. The van der Waals surface area contributed by atoms with Crippen molar-refractivity contribution in [2.24, 2.45) is 11.8 Å². The number of piperidine rings is 1. The minimum Gasteiger partial charge on any atom is -0.465 e. The lowest BCUT2D eigenvalue weighted by atomic mass is 9.95.